The number of aryl methyl sites for hydroxylation is 1. The number of nitrogens with one attached hydrogen (secondary N) is 1. The zero-order chi connectivity index (χ0) is 20.8. The van der Waals surface area contributed by atoms with Crippen molar-refractivity contribution >= 4 is 35.2 Å². The van der Waals surface area contributed by atoms with Gasteiger partial charge < -0.3 is 10.1 Å². The van der Waals surface area contributed by atoms with Crippen LogP contribution in [0.3, 0.4) is 0 Å². The molecule has 0 bridgehead atoms. The molecule has 0 fully saturated rings. The lowest BCUT2D eigenvalue weighted by atomic mass is 10.2. The SMILES string of the molecule is Cc1nn(-c2ccccc2)c(C)c1NC(=O)COC(=O)/C=C/c1ccccc1Cl. The number of carbonyl (C=O) groups is 2. The Morgan fingerprint density at radius 2 is 1.79 bits per heavy atom. The van der Waals surface area contributed by atoms with E-state index in [2.05, 4.69) is 10.4 Å². The predicted molar refractivity (Wildman–Crippen MR) is 113 cm³/mol. The molecule has 1 N–H and O–H groups in total. The molecule has 0 saturated heterocycles. The van der Waals surface area contributed by atoms with E-state index < -0.39 is 18.5 Å². The number of para-hydroxylation sites is 1. The van der Waals surface area contributed by atoms with Crippen LogP contribution in [0.1, 0.15) is 17.0 Å². The summed E-state index contributed by atoms with van der Waals surface area (Å²) < 4.78 is 6.75. The van der Waals surface area contributed by atoms with E-state index in [1.165, 1.54) is 6.08 Å². The number of aromatic nitrogens is 2. The minimum absolute atomic E-state index is 0.402. The van der Waals surface area contributed by atoms with Crippen molar-refractivity contribution in [3.05, 3.63) is 82.6 Å². The maximum Gasteiger partial charge on any atom is 0.331 e. The van der Waals surface area contributed by atoms with Crippen LogP contribution in [0.2, 0.25) is 5.02 Å². The third-order valence-electron chi connectivity index (χ3n) is 4.21. The molecule has 1 heterocycles. The van der Waals surface area contributed by atoms with Gasteiger partial charge in [0.1, 0.15) is 0 Å². The molecule has 1 amide bonds. The molecule has 6 nitrogen and oxygen atoms in total. The number of esters is 1. The lowest BCUT2D eigenvalue weighted by Gasteiger charge is -2.07. The molecule has 2 aromatic carbocycles. The number of rotatable bonds is 6. The fourth-order valence-electron chi connectivity index (χ4n) is 2.77. The van der Waals surface area contributed by atoms with Crippen molar-refractivity contribution in [2.24, 2.45) is 0 Å². The Kier molecular flexibility index (Phi) is 6.46. The molecule has 0 aliphatic rings. The quantitative estimate of drug-likeness (QED) is 0.485. The van der Waals surface area contributed by atoms with Crippen LogP contribution >= 0.6 is 11.6 Å². The summed E-state index contributed by atoms with van der Waals surface area (Å²) in [5.74, 6) is -1.07. The number of anilines is 1. The standard InChI is InChI=1S/C22H20ClN3O3/c1-15-22(16(2)26(25-15)18-9-4-3-5-10-18)24-20(27)14-29-21(28)13-12-17-8-6-7-11-19(17)23/h3-13H,14H2,1-2H3,(H,24,27)/b13-12+. The number of benzene rings is 2. The normalized spacial score (nSPS) is 10.9. The van der Waals surface area contributed by atoms with Crippen molar-refractivity contribution in [3.63, 3.8) is 0 Å². The van der Waals surface area contributed by atoms with Crippen LogP contribution in [-0.4, -0.2) is 28.3 Å². The highest BCUT2D eigenvalue weighted by molar-refractivity contribution is 6.32. The molecule has 0 saturated carbocycles. The van der Waals surface area contributed by atoms with Gasteiger partial charge in [-0.3, -0.25) is 4.79 Å². The van der Waals surface area contributed by atoms with Gasteiger partial charge in [-0.2, -0.15) is 5.10 Å². The van der Waals surface area contributed by atoms with Crippen molar-refractivity contribution in [2.45, 2.75) is 13.8 Å². The van der Waals surface area contributed by atoms with Crippen LogP contribution < -0.4 is 5.32 Å². The van der Waals surface area contributed by atoms with Gasteiger partial charge in [-0.05, 0) is 43.7 Å². The van der Waals surface area contributed by atoms with Crippen molar-refractivity contribution in [1.82, 2.24) is 9.78 Å². The highest BCUT2D eigenvalue weighted by atomic mass is 35.5. The predicted octanol–water partition coefficient (Wildman–Crippen LogP) is 4.34. The molecule has 0 aliphatic carbocycles. The summed E-state index contributed by atoms with van der Waals surface area (Å²) in [6.45, 7) is 3.27. The summed E-state index contributed by atoms with van der Waals surface area (Å²) in [6, 6.07) is 16.7. The summed E-state index contributed by atoms with van der Waals surface area (Å²) in [6.07, 6.45) is 2.78. The highest BCUT2D eigenvalue weighted by Crippen LogP contribution is 2.22. The van der Waals surface area contributed by atoms with E-state index in [-0.39, 0.29) is 0 Å². The Balaban J connectivity index is 1.59. The van der Waals surface area contributed by atoms with E-state index >= 15 is 0 Å². The number of ether oxygens (including phenoxy) is 1. The van der Waals surface area contributed by atoms with Crippen LogP contribution in [0, 0.1) is 13.8 Å². The Morgan fingerprint density at radius 3 is 2.52 bits per heavy atom. The van der Waals surface area contributed by atoms with Gasteiger partial charge in [0.15, 0.2) is 6.61 Å². The zero-order valence-electron chi connectivity index (χ0n) is 16.1. The maximum absolute atomic E-state index is 12.2. The van der Waals surface area contributed by atoms with E-state index in [1.807, 2.05) is 43.3 Å². The van der Waals surface area contributed by atoms with Gasteiger partial charge in [-0.25, -0.2) is 9.48 Å². The number of hydrogen-bond acceptors (Lipinski definition) is 4. The van der Waals surface area contributed by atoms with Crippen LogP contribution in [0.25, 0.3) is 11.8 Å². The monoisotopic (exact) mass is 409 g/mol. The second-order valence-electron chi connectivity index (χ2n) is 6.30. The van der Waals surface area contributed by atoms with Crippen LogP contribution in [0.15, 0.2) is 60.7 Å². The third kappa shape index (κ3) is 5.12. The molecule has 3 aromatic rings. The van der Waals surface area contributed by atoms with E-state index in [1.54, 1.807) is 35.9 Å². The van der Waals surface area contributed by atoms with Crippen molar-refractivity contribution in [1.29, 1.82) is 0 Å². The van der Waals surface area contributed by atoms with Crippen LogP contribution in [-0.2, 0) is 14.3 Å². The molecule has 148 valence electrons. The topological polar surface area (TPSA) is 73.2 Å². The molecular formula is C22H20ClN3O3. The Labute approximate surface area is 173 Å². The lowest BCUT2D eigenvalue weighted by Crippen LogP contribution is -2.20. The first-order chi connectivity index (χ1) is 14.0. The molecular weight excluding hydrogens is 390 g/mol. The molecule has 0 spiro atoms. The molecule has 7 heteroatoms. The van der Waals surface area contributed by atoms with Crippen LogP contribution in [0.5, 0.6) is 0 Å². The number of nitrogens with zero attached hydrogens (tertiary/aromatic N) is 2. The van der Waals surface area contributed by atoms with E-state index in [4.69, 9.17) is 16.3 Å². The number of halogens is 1. The molecule has 0 atom stereocenters. The van der Waals surface area contributed by atoms with Gasteiger partial charge in [0.05, 0.1) is 22.8 Å². The summed E-state index contributed by atoms with van der Waals surface area (Å²) in [7, 11) is 0. The van der Waals surface area contributed by atoms with Gasteiger partial charge in [0, 0.05) is 11.1 Å². The average Bonchev–Trinajstić information content (AvgIpc) is 3.00. The van der Waals surface area contributed by atoms with Crippen LogP contribution in [0.4, 0.5) is 5.69 Å². The molecule has 0 radical (unpaired) electrons. The molecule has 1 aromatic heterocycles. The maximum atomic E-state index is 12.2. The number of carbonyl (C=O) groups excluding carboxylic acids is 2. The summed E-state index contributed by atoms with van der Waals surface area (Å²) in [4.78, 5) is 24.1. The number of amides is 1. The second-order valence-corrected chi connectivity index (χ2v) is 6.71. The zero-order valence-corrected chi connectivity index (χ0v) is 16.8. The third-order valence-corrected chi connectivity index (χ3v) is 4.55. The van der Waals surface area contributed by atoms with E-state index in [0.717, 1.165) is 11.4 Å². The molecule has 0 unspecified atom stereocenters. The Morgan fingerprint density at radius 1 is 1.10 bits per heavy atom. The van der Waals surface area contributed by atoms with Gasteiger partial charge in [-0.1, -0.05) is 48.0 Å². The highest BCUT2D eigenvalue weighted by Gasteiger charge is 2.15. The first-order valence-corrected chi connectivity index (χ1v) is 9.34. The summed E-state index contributed by atoms with van der Waals surface area (Å²) in [5, 5.41) is 7.76. The number of hydrogen-bond donors (Lipinski definition) is 1. The van der Waals surface area contributed by atoms with Gasteiger partial charge in [0.25, 0.3) is 5.91 Å². The molecule has 0 aliphatic heterocycles. The van der Waals surface area contributed by atoms with Crippen molar-refractivity contribution in [2.75, 3.05) is 11.9 Å². The fourth-order valence-corrected chi connectivity index (χ4v) is 2.97. The average molecular weight is 410 g/mol. The molecule has 29 heavy (non-hydrogen) atoms. The van der Waals surface area contributed by atoms with E-state index in [0.29, 0.717) is 22.0 Å². The van der Waals surface area contributed by atoms with Crippen molar-refractivity contribution < 1.29 is 14.3 Å². The lowest BCUT2D eigenvalue weighted by molar-refractivity contribution is -0.142. The first-order valence-electron chi connectivity index (χ1n) is 8.96. The largest absolute Gasteiger partial charge is 0.452 e. The summed E-state index contributed by atoms with van der Waals surface area (Å²) >= 11 is 6.03. The van der Waals surface area contributed by atoms with E-state index in [9.17, 15) is 9.59 Å². The fraction of sp³-hybridized carbons (Fsp3) is 0.136. The molecule has 3 rings (SSSR count). The summed E-state index contributed by atoms with van der Waals surface area (Å²) in [5.41, 5.74) is 3.64. The van der Waals surface area contributed by atoms with Crippen molar-refractivity contribution in [3.8, 4) is 5.69 Å². The first kappa shape index (κ1) is 20.4. The van der Waals surface area contributed by atoms with Gasteiger partial charge >= 0.3 is 5.97 Å². The van der Waals surface area contributed by atoms with Gasteiger partial charge in [0.2, 0.25) is 0 Å². The second kappa shape index (κ2) is 9.21. The minimum Gasteiger partial charge on any atom is -0.452 e. The van der Waals surface area contributed by atoms with Gasteiger partial charge in [-0.15, -0.1) is 0 Å². The Bertz CT molecular complexity index is 1060. The minimum atomic E-state index is -0.631. The smallest absolute Gasteiger partial charge is 0.331 e. The Hall–Kier alpha value is -3.38.